The van der Waals surface area contributed by atoms with Crippen LogP contribution in [0.4, 0.5) is 13.2 Å². The number of pyridine rings is 1. The first-order chi connectivity index (χ1) is 7.32. The molecule has 1 aromatic heterocycles. The Hall–Kier alpha value is -1.79. The van der Waals surface area contributed by atoms with Crippen molar-refractivity contribution in [3.8, 4) is 5.75 Å². The number of carboxylic acid groups (broad SMARTS) is 1. The highest BCUT2D eigenvalue weighted by molar-refractivity contribution is 5.90. The molecule has 0 aliphatic heterocycles. The van der Waals surface area contributed by atoms with E-state index in [2.05, 4.69) is 9.72 Å². The normalized spacial score (nSPS) is 13.2. The summed E-state index contributed by atoms with van der Waals surface area (Å²) in [4.78, 5) is 14.2. The number of carboxylic acids is 1. The Morgan fingerprint density at radius 1 is 1.56 bits per heavy atom. The minimum Gasteiger partial charge on any atom is -0.479 e. The standard InChI is InChI=1S/C9H8F3NO3/c1-5(9(10,11)12)16-7-4-13-3-2-6(7)8(14)15/h2-5H,1H3,(H,14,15). The molecule has 0 saturated heterocycles. The molecule has 1 atom stereocenters. The summed E-state index contributed by atoms with van der Waals surface area (Å²) in [6.45, 7) is 0.790. The third-order valence-corrected chi connectivity index (χ3v) is 1.78. The number of nitrogens with zero attached hydrogens (tertiary/aromatic N) is 1. The van der Waals surface area contributed by atoms with Crippen LogP contribution >= 0.6 is 0 Å². The van der Waals surface area contributed by atoms with Crippen molar-refractivity contribution < 1.29 is 27.8 Å². The predicted octanol–water partition coefficient (Wildman–Crippen LogP) is 2.11. The Morgan fingerprint density at radius 2 is 2.19 bits per heavy atom. The van der Waals surface area contributed by atoms with E-state index in [1.165, 1.54) is 0 Å². The zero-order valence-electron chi connectivity index (χ0n) is 8.15. The van der Waals surface area contributed by atoms with Crippen molar-refractivity contribution in [3.05, 3.63) is 24.0 Å². The lowest BCUT2D eigenvalue weighted by Crippen LogP contribution is -2.31. The highest BCUT2D eigenvalue weighted by atomic mass is 19.4. The molecule has 4 nitrogen and oxygen atoms in total. The van der Waals surface area contributed by atoms with Crippen molar-refractivity contribution in [3.63, 3.8) is 0 Å². The van der Waals surface area contributed by atoms with Gasteiger partial charge in [-0.2, -0.15) is 13.2 Å². The van der Waals surface area contributed by atoms with Gasteiger partial charge in [-0.15, -0.1) is 0 Å². The van der Waals surface area contributed by atoms with Crippen LogP contribution in [0.2, 0.25) is 0 Å². The van der Waals surface area contributed by atoms with Gasteiger partial charge >= 0.3 is 12.1 Å². The van der Waals surface area contributed by atoms with Gasteiger partial charge in [0.15, 0.2) is 11.9 Å². The van der Waals surface area contributed by atoms with Crippen LogP contribution in [-0.2, 0) is 0 Å². The van der Waals surface area contributed by atoms with E-state index in [1.54, 1.807) is 0 Å². The summed E-state index contributed by atoms with van der Waals surface area (Å²) >= 11 is 0. The van der Waals surface area contributed by atoms with Gasteiger partial charge in [-0.3, -0.25) is 4.98 Å². The van der Waals surface area contributed by atoms with Crippen LogP contribution in [0, 0.1) is 0 Å². The first-order valence-electron chi connectivity index (χ1n) is 4.23. The second-order valence-corrected chi connectivity index (χ2v) is 2.98. The number of ether oxygens (including phenoxy) is 1. The van der Waals surface area contributed by atoms with E-state index in [-0.39, 0.29) is 5.56 Å². The Balaban J connectivity index is 2.93. The number of hydrogen-bond donors (Lipinski definition) is 1. The second kappa shape index (κ2) is 4.38. The molecule has 0 aromatic carbocycles. The Kier molecular flexibility index (Phi) is 3.36. The van der Waals surface area contributed by atoms with Crippen LogP contribution in [0.25, 0.3) is 0 Å². The molecular formula is C9H8F3NO3. The smallest absolute Gasteiger partial charge is 0.425 e. The maximum Gasteiger partial charge on any atom is 0.425 e. The quantitative estimate of drug-likeness (QED) is 0.871. The van der Waals surface area contributed by atoms with Crippen LogP contribution in [0.3, 0.4) is 0 Å². The van der Waals surface area contributed by atoms with E-state index in [0.29, 0.717) is 0 Å². The van der Waals surface area contributed by atoms with Gasteiger partial charge in [-0.25, -0.2) is 4.79 Å². The van der Waals surface area contributed by atoms with E-state index in [4.69, 9.17) is 5.11 Å². The van der Waals surface area contributed by atoms with Crippen LogP contribution in [-0.4, -0.2) is 28.3 Å². The van der Waals surface area contributed by atoms with Gasteiger partial charge in [0.05, 0.1) is 6.20 Å². The molecule has 88 valence electrons. The number of hydrogen-bond acceptors (Lipinski definition) is 3. The highest BCUT2D eigenvalue weighted by Gasteiger charge is 2.38. The zero-order chi connectivity index (χ0) is 12.3. The van der Waals surface area contributed by atoms with Gasteiger partial charge in [-0.1, -0.05) is 0 Å². The molecular weight excluding hydrogens is 227 g/mol. The van der Waals surface area contributed by atoms with Gasteiger partial charge in [0.2, 0.25) is 0 Å². The molecule has 7 heteroatoms. The lowest BCUT2D eigenvalue weighted by atomic mass is 10.2. The predicted molar refractivity (Wildman–Crippen MR) is 47.3 cm³/mol. The van der Waals surface area contributed by atoms with Gasteiger partial charge in [-0.05, 0) is 13.0 Å². The van der Waals surface area contributed by atoms with Crippen molar-refractivity contribution in [2.24, 2.45) is 0 Å². The van der Waals surface area contributed by atoms with Crippen LogP contribution in [0.15, 0.2) is 18.5 Å². The lowest BCUT2D eigenvalue weighted by Gasteiger charge is -2.18. The third kappa shape index (κ3) is 2.85. The Labute approximate surface area is 88.7 Å². The fourth-order valence-electron chi connectivity index (χ4n) is 0.908. The SMILES string of the molecule is CC(Oc1cnccc1C(=O)O)C(F)(F)F. The van der Waals surface area contributed by atoms with E-state index < -0.39 is 24.0 Å². The molecule has 0 radical (unpaired) electrons. The first-order valence-corrected chi connectivity index (χ1v) is 4.23. The molecule has 1 N–H and O–H groups in total. The number of aromatic nitrogens is 1. The average molecular weight is 235 g/mol. The van der Waals surface area contributed by atoms with Crippen molar-refractivity contribution in [2.75, 3.05) is 0 Å². The summed E-state index contributed by atoms with van der Waals surface area (Å²) in [5, 5.41) is 8.69. The van der Waals surface area contributed by atoms with Crippen LogP contribution in [0.1, 0.15) is 17.3 Å². The van der Waals surface area contributed by atoms with Gasteiger partial charge in [0.1, 0.15) is 5.56 Å². The summed E-state index contributed by atoms with van der Waals surface area (Å²) in [5.41, 5.74) is -0.355. The fraction of sp³-hybridized carbons (Fsp3) is 0.333. The van der Waals surface area contributed by atoms with Crippen LogP contribution < -0.4 is 4.74 Å². The van der Waals surface area contributed by atoms with Crippen molar-refractivity contribution >= 4 is 5.97 Å². The second-order valence-electron chi connectivity index (χ2n) is 2.98. The largest absolute Gasteiger partial charge is 0.479 e. The summed E-state index contributed by atoms with van der Waals surface area (Å²) in [6.07, 6.45) is -4.54. The Morgan fingerprint density at radius 3 is 2.69 bits per heavy atom. The number of alkyl halides is 3. The van der Waals surface area contributed by atoms with Gasteiger partial charge < -0.3 is 9.84 Å². The molecule has 1 unspecified atom stereocenters. The molecule has 16 heavy (non-hydrogen) atoms. The molecule has 0 spiro atoms. The third-order valence-electron chi connectivity index (χ3n) is 1.78. The van der Waals surface area contributed by atoms with Gasteiger partial charge in [0.25, 0.3) is 0 Å². The van der Waals surface area contributed by atoms with Gasteiger partial charge in [0, 0.05) is 6.20 Å². The zero-order valence-corrected chi connectivity index (χ0v) is 8.15. The number of halogens is 3. The molecule has 0 bridgehead atoms. The summed E-state index contributed by atoms with van der Waals surface area (Å²) in [7, 11) is 0. The topological polar surface area (TPSA) is 59.4 Å². The minimum absolute atomic E-state index is 0.355. The molecule has 1 heterocycles. The van der Waals surface area contributed by atoms with E-state index in [0.717, 1.165) is 25.4 Å². The maximum atomic E-state index is 12.2. The van der Waals surface area contributed by atoms with Crippen LogP contribution in [0.5, 0.6) is 5.75 Å². The van der Waals surface area contributed by atoms with Crippen molar-refractivity contribution in [1.29, 1.82) is 0 Å². The number of carbonyl (C=O) groups is 1. The Bertz CT molecular complexity index is 392. The number of rotatable bonds is 3. The molecule has 0 saturated carbocycles. The maximum absolute atomic E-state index is 12.2. The number of aromatic carboxylic acids is 1. The summed E-state index contributed by atoms with van der Waals surface area (Å²) < 4.78 is 41.0. The monoisotopic (exact) mass is 235 g/mol. The summed E-state index contributed by atoms with van der Waals surface area (Å²) in [6, 6.07) is 1.07. The van der Waals surface area contributed by atoms with Crippen molar-refractivity contribution in [1.82, 2.24) is 4.98 Å². The average Bonchev–Trinajstić information content (AvgIpc) is 2.16. The molecule has 0 fully saturated rings. The van der Waals surface area contributed by atoms with E-state index in [1.807, 2.05) is 0 Å². The first kappa shape index (κ1) is 12.3. The van der Waals surface area contributed by atoms with Crippen molar-refractivity contribution in [2.45, 2.75) is 19.2 Å². The van der Waals surface area contributed by atoms with E-state index in [9.17, 15) is 18.0 Å². The molecule has 0 amide bonds. The lowest BCUT2D eigenvalue weighted by molar-refractivity contribution is -0.189. The fourth-order valence-corrected chi connectivity index (χ4v) is 0.908. The summed E-state index contributed by atoms with van der Waals surface area (Å²) in [5.74, 6) is -1.77. The minimum atomic E-state index is -4.55. The van der Waals surface area contributed by atoms with E-state index >= 15 is 0 Å². The molecule has 1 aromatic rings. The molecule has 0 aliphatic rings. The molecule has 0 aliphatic carbocycles. The molecule has 1 rings (SSSR count). The highest BCUT2D eigenvalue weighted by Crippen LogP contribution is 2.26.